The first-order chi connectivity index (χ1) is 9.08. The second-order valence-electron chi connectivity index (χ2n) is 4.52. The number of rotatable bonds is 7. The van der Waals surface area contributed by atoms with Crippen molar-refractivity contribution in [2.45, 2.75) is 39.7 Å². The van der Waals surface area contributed by atoms with Gasteiger partial charge >= 0.3 is 5.97 Å². The van der Waals surface area contributed by atoms with Gasteiger partial charge in [0.2, 0.25) is 0 Å². The summed E-state index contributed by atoms with van der Waals surface area (Å²) in [5, 5.41) is 0. The molecule has 0 amide bonds. The van der Waals surface area contributed by atoms with Crippen LogP contribution in [0.4, 0.5) is 0 Å². The van der Waals surface area contributed by atoms with Gasteiger partial charge in [0.15, 0.2) is 11.5 Å². The van der Waals surface area contributed by atoms with Crippen LogP contribution in [0.15, 0.2) is 18.2 Å². The van der Waals surface area contributed by atoms with Crippen LogP contribution in [0.25, 0.3) is 0 Å². The Morgan fingerprint density at radius 3 is 2.58 bits per heavy atom. The highest BCUT2D eigenvalue weighted by molar-refractivity contribution is 5.90. The fourth-order valence-electron chi connectivity index (χ4n) is 1.52. The summed E-state index contributed by atoms with van der Waals surface area (Å²) in [6.07, 6.45) is 1.92. The fourth-order valence-corrected chi connectivity index (χ4v) is 1.52. The maximum Gasteiger partial charge on any atom is 0.338 e. The van der Waals surface area contributed by atoms with Crippen molar-refractivity contribution in [3.8, 4) is 11.5 Å². The summed E-state index contributed by atoms with van der Waals surface area (Å²) in [7, 11) is 1.56. The van der Waals surface area contributed by atoms with Crippen LogP contribution in [0, 0.1) is 0 Å². The van der Waals surface area contributed by atoms with E-state index in [0.29, 0.717) is 23.7 Å². The normalized spacial score (nSPS) is 10.4. The van der Waals surface area contributed by atoms with E-state index in [-0.39, 0.29) is 12.1 Å². The molecule has 0 bridgehead atoms. The largest absolute Gasteiger partial charge is 0.493 e. The number of hydrogen-bond acceptors (Lipinski definition) is 4. The monoisotopic (exact) mass is 266 g/mol. The van der Waals surface area contributed by atoms with Crippen LogP contribution in [0.3, 0.4) is 0 Å². The lowest BCUT2D eigenvalue weighted by molar-refractivity contribution is 0.0377. The van der Waals surface area contributed by atoms with Crippen LogP contribution >= 0.6 is 0 Å². The van der Waals surface area contributed by atoms with Crippen LogP contribution in [0.1, 0.15) is 44.0 Å². The SMILES string of the molecule is CCCCOc1ccc(C(=O)OC(C)C)cc1OC. The predicted octanol–water partition coefficient (Wildman–Crippen LogP) is 3.44. The van der Waals surface area contributed by atoms with Gasteiger partial charge in [-0.15, -0.1) is 0 Å². The number of esters is 1. The highest BCUT2D eigenvalue weighted by Crippen LogP contribution is 2.28. The summed E-state index contributed by atoms with van der Waals surface area (Å²) >= 11 is 0. The van der Waals surface area contributed by atoms with E-state index in [9.17, 15) is 4.79 Å². The van der Waals surface area contributed by atoms with Crippen LogP contribution in [0.5, 0.6) is 11.5 Å². The van der Waals surface area contributed by atoms with Gasteiger partial charge in [0, 0.05) is 0 Å². The number of hydrogen-bond donors (Lipinski definition) is 0. The molecule has 0 aliphatic rings. The molecule has 0 heterocycles. The molecule has 4 heteroatoms. The van der Waals surface area contributed by atoms with Gasteiger partial charge in [-0.1, -0.05) is 13.3 Å². The Kier molecular flexibility index (Phi) is 6.19. The lowest BCUT2D eigenvalue weighted by Gasteiger charge is -2.12. The zero-order valence-corrected chi connectivity index (χ0v) is 12.1. The van der Waals surface area contributed by atoms with E-state index >= 15 is 0 Å². The molecule has 0 atom stereocenters. The van der Waals surface area contributed by atoms with E-state index in [4.69, 9.17) is 14.2 Å². The molecule has 0 spiro atoms. The van der Waals surface area contributed by atoms with Gasteiger partial charge in [-0.3, -0.25) is 0 Å². The molecule has 1 aromatic carbocycles. The molecule has 0 aliphatic carbocycles. The second kappa shape index (κ2) is 7.67. The van der Waals surface area contributed by atoms with Crippen LogP contribution in [0.2, 0.25) is 0 Å². The number of ether oxygens (including phenoxy) is 3. The van der Waals surface area contributed by atoms with Gasteiger partial charge in [-0.05, 0) is 38.5 Å². The molecule has 0 saturated carbocycles. The Balaban J connectivity index is 2.80. The van der Waals surface area contributed by atoms with Gasteiger partial charge in [0.25, 0.3) is 0 Å². The molecule has 0 saturated heterocycles. The number of benzene rings is 1. The third kappa shape index (κ3) is 4.81. The van der Waals surface area contributed by atoms with Gasteiger partial charge in [0.1, 0.15) is 0 Å². The molecule has 0 fully saturated rings. The summed E-state index contributed by atoms with van der Waals surface area (Å²) in [5.41, 5.74) is 0.466. The first-order valence-corrected chi connectivity index (χ1v) is 6.60. The minimum Gasteiger partial charge on any atom is -0.493 e. The quantitative estimate of drug-likeness (QED) is 0.560. The Morgan fingerprint density at radius 2 is 2.00 bits per heavy atom. The van der Waals surface area contributed by atoms with Crippen LogP contribution < -0.4 is 9.47 Å². The maximum absolute atomic E-state index is 11.8. The molecule has 4 nitrogen and oxygen atoms in total. The molecule has 0 N–H and O–H groups in total. The summed E-state index contributed by atoms with van der Waals surface area (Å²) < 4.78 is 16.0. The van der Waals surface area contributed by atoms with E-state index in [1.165, 1.54) is 0 Å². The molecule has 0 aliphatic heterocycles. The van der Waals surface area contributed by atoms with E-state index < -0.39 is 0 Å². The number of carbonyl (C=O) groups is 1. The van der Waals surface area contributed by atoms with Crippen molar-refractivity contribution < 1.29 is 19.0 Å². The topological polar surface area (TPSA) is 44.8 Å². The van der Waals surface area contributed by atoms with E-state index in [1.807, 2.05) is 13.8 Å². The molecular formula is C15H22O4. The molecule has 1 rings (SSSR count). The summed E-state index contributed by atoms with van der Waals surface area (Å²) in [5.74, 6) is 0.847. The highest BCUT2D eigenvalue weighted by Gasteiger charge is 2.13. The highest BCUT2D eigenvalue weighted by atomic mass is 16.5. The van der Waals surface area contributed by atoms with Crippen molar-refractivity contribution in [2.75, 3.05) is 13.7 Å². The molecule has 19 heavy (non-hydrogen) atoms. The average Bonchev–Trinajstić information content (AvgIpc) is 2.38. The van der Waals surface area contributed by atoms with E-state index in [1.54, 1.807) is 25.3 Å². The van der Waals surface area contributed by atoms with E-state index in [0.717, 1.165) is 12.8 Å². The fraction of sp³-hybridized carbons (Fsp3) is 0.533. The van der Waals surface area contributed by atoms with E-state index in [2.05, 4.69) is 6.92 Å². The summed E-state index contributed by atoms with van der Waals surface area (Å²) in [4.78, 5) is 11.8. The standard InChI is InChI=1S/C15H22O4/c1-5-6-9-18-13-8-7-12(10-14(13)17-4)15(16)19-11(2)3/h7-8,10-11H,5-6,9H2,1-4H3. The summed E-state index contributed by atoms with van der Waals surface area (Å²) in [6, 6.07) is 5.08. The molecule has 0 radical (unpaired) electrons. The Bertz CT molecular complexity index is 413. The maximum atomic E-state index is 11.8. The number of methoxy groups -OCH3 is 1. The molecule has 1 aromatic rings. The van der Waals surface area contributed by atoms with Crippen molar-refractivity contribution in [2.24, 2.45) is 0 Å². The zero-order chi connectivity index (χ0) is 14.3. The van der Waals surface area contributed by atoms with Gasteiger partial charge < -0.3 is 14.2 Å². The number of carbonyl (C=O) groups excluding carboxylic acids is 1. The number of unbranched alkanes of at least 4 members (excludes halogenated alkanes) is 1. The Morgan fingerprint density at radius 1 is 1.26 bits per heavy atom. The predicted molar refractivity (Wildman–Crippen MR) is 73.9 cm³/mol. The van der Waals surface area contributed by atoms with Crippen molar-refractivity contribution in [3.05, 3.63) is 23.8 Å². The smallest absolute Gasteiger partial charge is 0.338 e. The van der Waals surface area contributed by atoms with Gasteiger partial charge in [0.05, 0.1) is 25.4 Å². The van der Waals surface area contributed by atoms with Crippen molar-refractivity contribution in [1.29, 1.82) is 0 Å². The van der Waals surface area contributed by atoms with Crippen LogP contribution in [-0.2, 0) is 4.74 Å². The second-order valence-corrected chi connectivity index (χ2v) is 4.52. The van der Waals surface area contributed by atoms with Crippen molar-refractivity contribution in [3.63, 3.8) is 0 Å². The van der Waals surface area contributed by atoms with Crippen molar-refractivity contribution in [1.82, 2.24) is 0 Å². The minimum atomic E-state index is -0.353. The van der Waals surface area contributed by atoms with Gasteiger partial charge in [-0.25, -0.2) is 4.79 Å². The Labute approximate surface area is 114 Å². The van der Waals surface area contributed by atoms with Crippen molar-refractivity contribution >= 4 is 5.97 Å². The molecular weight excluding hydrogens is 244 g/mol. The Hall–Kier alpha value is -1.71. The molecule has 0 unspecified atom stereocenters. The van der Waals surface area contributed by atoms with Crippen LogP contribution in [-0.4, -0.2) is 25.8 Å². The third-order valence-corrected chi connectivity index (χ3v) is 2.50. The lowest BCUT2D eigenvalue weighted by Crippen LogP contribution is -2.11. The summed E-state index contributed by atoms with van der Waals surface area (Å²) in [6.45, 7) is 6.38. The molecule has 106 valence electrons. The first-order valence-electron chi connectivity index (χ1n) is 6.60. The third-order valence-electron chi connectivity index (χ3n) is 2.50. The van der Waals surface area contributed by atoms with Gasteiger partial charge in [-0.2, -0.15) is 0 Å². The zero-order valence-electron chi connectivity index (χ0n) is 12.1. The average molecular weight is 266 g/mol. The molecule has 0 aromatic heterocycles. The minimum absolute atomic E-state index is 0.140. The lowest BCUT2D eigenvalue weighted by atomic mass is 10.2. The first kappa shape index (κ1) is 15.3.